The molecule has 0 aromatic rings. The Morgan fingerprint density at radius 1 is 1.55 bits per heavy atom. The van der Waals surface area contributed by atoms with Crippen molar-refractivity contribution in [3.63, 3.8) is 0 Å². The molecule has 0 aromatic carbocycles. The van der Waals surface area contributed by atoms with Crippen LogP contribution in [0.15, 0.2) is 12.8 Å². The molecular formula is C10H19N. The second kappa shape index (κ2) is 4.42. The second-order valence-corrected chi connectivity index (χ2v) is 3.45. The summed E-state index contributed by atoms with van der Waals surface area (Å²) in [7, 11) is 0. The Bertz CT molecular complexity index is 120. The predicted molar refractivity (Wildman–Crippen MR) is 49.4 cm³/mol. The SMILES string of the molecule is C=CN1CCCCC(CC)C1. The summed E-state index contributed by atoms with van der Waals surface area (Å²) in [6, 6.07) is 0. The van der Waals surface area contributed by atoms with E-state index in [4.69, 9.17) is 0 Å². The number of nitrogens with zero attached hydrogens (tertiary/aromatic N) is 1. The molecule has 1 nitrogen and oxygen atoms in total. The Kier molecular flexibility index (Phi) is 3.47. The monoisotopic (exact) mass is 153 g/mol. The van der Waals surface area contributed by atoms with Gasteiger partial charge in [-0.3, -0.25) is 0 Å². The van der Waals surface area contributed by atoms with Crippen LogP contribution in [0.2, 0.25) is 0 Å². The summed E-state index contributed by atoms with van der Waals surface area (Å²) in [5, 5.41) is 0. The van der Waals surface area contributed by atoms with E-state index in [1.54, 1.807) is 0 Å². The molecule has 0 N–H and O–H groups in total. The molecule has 1 aliphatic rings. The van der Waals surface area contributed by atoms with E-state index in [0.717, 1.165) is 5.92 Å². The molecule has 64 valence electrons. The molecule has 11 heavy (non-hydrogen) atoms. The van der Waals surface area contributed by atoms with Gasteiger partial charge in [-0.05, 0) is 25.0 Å². The summed E-state index contributed by atoms with van der Waals surface area (Å²) in [5.41, 5.74) is 0. The summed E-state index contributed by atoms with van der Waals surface area (Å²) in [4.78, 5) is 2.36. The van der Waals surface area contributed by atoms with Gasteiger partial charge in [0.05, 0.1) is 0 Å². The van der Waals surface area contributed by atoms with Gasteiger partial charge in [0, 0.05) is 13.1 Å². The minimum Gasteiger partial charge on any atom is -0.378 e. The van der Waals surface area contributed by atoms with Crippen molar-refractivity contribution in [2.75, 3.05) is 13.1 Å². The van der Waals surface area contributed by atoms with Crippen LogP contribution in [0, 0.1) is 5.92 Å². The molecule has 1 atom stereocenters. The van der Waals surface area contributed by atoms with Crippen LogP contribution in [0.4, 0.5) is 0 Å². The molecule has 1 fully saturated rings. The fraction of sp³-hybridized carbons (Fsp3) is 0.800. The predicted octanol–water partition coefficient (Wildman–Crippen LogP) is 2.64. The van der Waals surface area contributed by atoms with Gasteiger partial charge in [-0.15, -0.1) is 0 Å². The normalized spacial score (nSPS) is 26.3. The number of hydrogen-bond acceptors (Lipinski definition) is 1. The zero-order chi connectivity index (χ0) is 8.10. The van der Waals surface area contributed by atoms with Gasteiger partial charge in [-0.2, -0.15) is 0 Å². The van der Waals surface area contributed by atoms with E-state index in [2.05, 4.69) is 18.4 Å². The van der Waals surface area contributed by atoms with E-state index in [0.29, 0.717) is 0 Å². The van der Waals surface area contributed by atoms with Crippen molar-refractivity contribution in [1.82, 2.24) is 4.90 Å². The van der Waals surface area contributed by atoms with Gasteiger partial charge < -0.3 is 4.90 Å². The molecule has 1 heterocycles. The van der Waals surface area contributed by atoms with Gasteiger partial charge in [0.1, 0.15) is 0 Å². The van der Waals surface area contributed by atoms with Crippen LogP contribution >= 0.6 is 0 Å². The van der Waals surface area contributed by atoms with Gasteiger partial charge in [-0.1, -0.05) is 26.3 Å². The average Bonchev–Trinajstić information content (AvgIpc) is 2.28. The fourth-order valence-corrected chi connectivity index (χ4v) is 1.76. The van der Waals surface area contributed by atoms with Crippen molar-refractivity contribution < 1.29 is 0 Å². The van der Waals surface area contributed by atoms with E-state index < -0.39 is 0 Å². The Hall–Kier alpha value is -0.460. The van der Waals surface area contributed by atoms with E-state index in [-0.39, 0.29) is 0 Å². The molecule has 1 rings (SSSR count). The topological polar surface area (TPSA) is 3.24 Å². The summed E-state index contributed by atoms with van der Waals surface area (Å²) in [5.74, 6) is 0.912. The first-order valence-corrected chi connectivity index (χ1v) is 4.73. The molecular weight excluding hydrogens is 134 g/mol. The number of hydrogen-bond donors (Lipinski definition) is 0. The largest absolute Gasteiger partial charge is 0.378 e. The van der Waals surface area contributed by atoms with Crippen molar-refractivity contribution in [3.8, 4) is 0 Å². The molecule has 1 aliphatic heterocycles. The third-order valence-corrected chi connectivity index (χ3v) is 2.64. The van der Waals surface area contributed by atoms with Gasteiger partial charge in [0.25, 0.3) is 0 Å². The molecule has 0 bridgehead atoms. The van der Waals surface area contributed by atoms with E-state index in [9.17, 15) is 0 Å². The maximum atomic E-state index is 3.82. The van der Waals surface area contributed by atoms with Gasteiger partial charge in [0.2, 0.25) is 0 Å². The highest BCUT2D eigenvalue weighted by atomic mass is 15.1. The van der Waals surface area contributed by atoms with Crippen molar-refractivity contribution in [2.24, 2.45) is 5.92 Å². The third-order valence-electron chi connectivity index (χ3n) is 2.64. The van der Waals surface area contributed by atoms with Crippen LogP contribution in [-0.2, 0) is 0 Å². The lowest BCUT2D eigenvalue weighted by atomic mass is 10.0. The van der Waals surface area contributed by atoms with Crippen LogP contribution in [-0.4, -0.2) is 18.0 Å². The molecule has 0 aliphatic carbocycles. The summed E-state index contributed by atoms with van der Waals surface area (Å²) in [6.45, 7) is 8.57. The minimum atomic E-state index is 0.912. The van der Waals surface area contributed by atoms with E-state index in [1.165, 1.54) is 38.8 Å². The smallest absolute Gasteiger partial charge is 0.0200 e. The molecule has 0 saturated carbocycles. The lowest BCUT2D eigenvalue weighted by Crippen LogP contribution is -2.22. The molecule has 0 amide bonds. The lowest BCUT2D eigenvalue weighted by molar-refractivity contribution is 0.327. The summed E-state index contributed by atoms with van der Waals surface area (Å²) >= 11 is 0. The third kappa shape index (κ3) is 2.57. The quantitative estimate of drug-likeness (QED) is 0.589. The van der Waals surface area contributed by atoms with E-state index >= 15 is 0 Å². The van der Waals surface area contributed by atoms with Crippen molar-refractivity contribution in [1.29, 1.82) is 0 Å². The Labute approximate surface area is 70.1 Å². The first-order chi connectivity index (χ1) is 5.36. The summed E-state index contributed by atoms with van der Waals surface area (Å²) in [6.07, 6.45) is 7.49. The summed E-state index contributed by atoms with van der Waals surface area (Å²) < 4.78 is 0. The van der Waals surface area contributed by atoms with Crippen LogP contribution < -0.4 is 0 Å². The second-order valence-electron chi connectivity index (χ2n) is 3.45. The van der Waals surface area contributed by atoms with E-state index in [1.807, 2.05) is 6.20 Å². The van der Waals surface area contributed by atoms with Crippen LogP contribution in [0.3, 0.4) is 0 Å². The lowest BCUT2D eigenvalue weighted by Gasteiger charge is -2.20. The standard InChI is InChI=1S/C10H19N/c1-3-10-7-5-6-8-11(4-2)9-10/h4,10H,2-3,5-9H2,1H3. The molecule has 1 unspecified atom stereocenters. The highest BCUT2D eigenvalue weighted by Crippen LogP contribution is 2.18. The van der Waals surface area contributed by atoms with Gasteiger partial charge in [-0.25, -0.2) is 0 Å². The minimum absolute atomic E-state index is 0.912. The highest BCUT2D eigenvalue weighted by molar-refractivity contribution is 4.77. The Morgan fingerprint density at radius 3 is 3.00 bits per heavy atom. The Balaban J connectivity index is 2.39. The van der Waals surface area contributed by atoms with Crippen molar-refractivity contribution in [2.45, 2.75) is 32.6 Å². The van der Waals surface area contributed by atoms with Crippen molar-refractivity contribution in [3.05, 3.63) is 12.8 Å². The first-order valence-electron chi connectivity index (χ1n) is 4.73. The molecule has 1 heteroatoms. The zero-order valence-corrected chi connectivity index (χ0v) is 7.55. The molecule has 1 saturated heterocycles. The maximum absolute atomic E-state index is 3.82. The average molecular weight is 153 g/mol. The highest BCUT2D eigenvalue weighted by Gasteiger charge is 2.13. The van der Waals surface area contributed by atoms with Crippen LogP contribution in [0.1, 0.15) is 32.6 Å². The van der Waals surface area contributed by atoms with Gasteiger partial charge in [0.15, 0.2) is 0 Å². The molecule has 0 aromatic heterocycles. The van der Waals surface area contributed by atoms with Gasteiger partial charge >= 0.3 is 0 Å². The zero-order valence-electron chi connectivity index (χ0n) is 7.55. The Morgan fingerprint density at radius 2 is 2.36 bits per heavy atom. The fourth-order valence-electron chi connectivity index (χ4n) is 1.76. The first kappa shape index (κ1) is 8.63. The van der Waals surface area contributed by atoms with Crippen LogP contribution in [0.5, 0.6) is 0 Å². The van der Waals surface area contributed by atoms with Crippen molar-refractivity contribution >= 4 is 0 Å². The number of rotatable bonds is 2. The number of likely N-dealkylation sites (tertiary alicyclic amines) is 1. The molecule has 0 spiro atoms. The maximum Gasteiger partial charge on any atom is 0.0200 e. The molecule has 0 radical (unpaired) electrons. The van der Waals surface area contributed by atoms with Crippen LogP contribution in [0.25, 0.3) is 0 Å².